The molecule has 0 amide bonds. The SMILES string of the molecule is Cc1cn[nH]c1C1CN(C2CCCC2)C1. The van der Waals surface area contributed by atoms with Crippen LogP contribution in [0, 0.1) is 6.92 Å². The summed E-state index contributed by atoms with van der Waals surface area (Å²) in [6.45, 7) is 4.64. The zero-order chi connectivity index (χ0) is 10.3. The molecule has 2 heterocycles. The summed E-state index contributed by atoms with van der Waals surface area (Å²) in [5, 5.41) is 7.25. The van der Waals surface area contributed by atoms with E-state index < -0.39 is 0 Å². The van der Waals surface area contributed by atoms with Gasteiger partial charge in [-0.15, -0.1) is 0 Å². The molecule has 3 rings (SSSR count). The van der Waals surface area contributed by atoms with E-state index in [4.69, 9.17) is 0 Å². The van der Waals surface area contributed by atoms with E-state index in [0.717, 1.165) is 6.04 Å². The van der Waals surface area contributed by atoms with Crippen molar-refractivity contribution in [1.82, 2.24) is 15.1 Å². The molecule has 0 unspecified atom stereocenters. The van der Waals surface area contributed by atoms with Gasteiger partial charge in [-0.1, -0.05) is 12.8 Å². The lowest BCUT2D eigenvalue weighted by Gasteiger charge is -2.43. The van der Waals surface area contributed by atoms with E-state index in [0.29, 0.717) is 5.92 Å². The van der Waals surface area contributed by atoms with Crippen molar-refractivity contribution in [3.63, 3.8) is 0 Å². The molecule has 2 fully saturated rings. The second kappa shape index (κ2) is 3.63. The molecular formula is C12H19N3. The fraction of sp³-hybridized carbons (Fsp3) is 0.750. The van der Waals surface area contributed by atoms with Gasteiger partial charge in [-0.3, -0.25) is 10.00 Å². The number of likely N-dealkylation sites (tertiary alicyclic amines) is 1. The van der Waals surface area contributed by atoms with E-state index in [-0.39, 0.29) is 0 Å². The van der Waals surface area contributed by atoms with Crippen LogP contribution in [0.4, 0.5) is 0 Å². The van der Waals surface area contributed by atoms with Crippen LogP contribution in [0.1, 0.15) is 42.9 Å². The number of nitrogens with one attached hydrogen (secondary N) is 1. The molecule has 1 saturated carbocycles. The van der Waals surface area contributed by atoms with Gasteiger partial charge in [0, 0.05) is 30.7 Å². The smallest absolute Gasteiger partial charge is 0.0519 e. The third-order valence-corrected chi connectivity index (χ3v) is 4.03. The standard InChI is InChI=1S/C12H19N3/c1-9-6-13-14-12(9)10-7-15(8-10)11-4-2-3-5-11/h6,10-11H,2-5,7-8H2,1H3,(H,13,14). The van der Waals surface area contributed by atoms with Crippen LogP contribution in [-0.2, 0) is 0 Å². The van der Waals surface area contributed by atoms with Crippen molar-refractivity contribution < 1.29 is 0 Å². The Hall–Kier alpha value is -0.830. The van der Waals surface area contributed by atoms with Crippen LogP contribution in [0.15, 0.2) is 6.20 Å². The predicted molar refractivity (Wildman–Crippen MR) is 59.9 cm³/mol. The van der Waals surface area contributed by atoms with Gasteiger partial charge in [0.1, 0.15) is 0 Å². The molecule has 1 aliphatic heterocycles. The molecule has 1 aliphatic carbocycles. The van der Waals surface area contributed by atoms with Crippen LogP contribution >= 0.6 is 0 Å². The largest absolute Gasteiger partial charge is 0.299 e. The Morgan fingerprint density at radius 1 is 1.33 bits per heavy atom. The Bertz CT molecular complexity index is 332. The van der Waals surface area contributed by atoms with Gasteiger partial charge in [0.15, 0.2) is 0 Å². The van der Waals surface area contributed by atoms with Gasteiger partial charge in [0.05, 0.1) is 6.20 Å². The number of aromatic amines is 1. The summed E-state index contributed by atoms with van der Waals surface area (Å²) < 4.78 is 0. The molecule has 1 N–H and O–H groups in total. The number of aryl methyl sites for hydroxylation is 1. The van der Waals surface area contributed by atoms with Crippen molar-refractivity contribution >= 4 is 0 Å². The van der Waals surface area contributed by atoms with Crippen LogP contribution in [0.3, 0.4) is 0 Å². The fourth-order valence-corrected chi connectivity index (χ4v) is 3.03. The van der Waals surface area contributed by atoms with E-state index in [1.54, 1.807) is 0 Å². The maximum absolute atomic E-state index is 4.10. The van der Waals surface area contributed by atoms with E-state index >= 15 is 0 Å². The first kappa shape index (κ1) is 9.40. The Kier molecular flexibility index (Phi) is 2.28. The van der Waals surface area contributed by atoms with E-state index in [1.165, 1.54) is 50.0 Å². The average Bonchev–Trinajstić information content (AvgIpc) is 2.76. The lowest BCUT2D eigenvalue weighted by molar-refractivity contribution is 0.0921. The minimum atomic E-state index is 0.716. The topological polar surface area (TPSA) is 31.9 Å². The maximum atomic E-state index is 4.10. The fourth-order valence-electron chi connectivity index (χ4n) is 3.03. The number of rotatable bonds is 2. The highest BCUT2D eigenvalue weighted by atomic mass is 15.2. The minimum absolute atomic E-state index is 0.716. The van der Waals surface area contributed by atoms with Gasteiger partial charge < -0.3 is 0 Å². The number of H-pyrrole nitrogens is 1. The highest BCUT2D eigenvalue weighted by Gasteiger charge is 2.35. The second-order valence-electron chi connectivity index (χ2n) is 5.06. The molecule has 3 heteroatoms. The van der Waals surface area contributed by atoms with Gasteiger partial charge in [-0.25, -0.2) is 0 Å². The molecular weight excluding hydrogens is 186 g/mol. The van der Waals surface area contributed by atoms with Crippen molar-refractivity contribution in [3.05, 3.63) is 17.5 Å². The van der Waals surface area contributed by atoms with Crippen LogP contribution in [-0.4, -0.2) is 34.2 Å². The maximum Gasteiger partial charge on any atom is 0.0519 e. The van der Waals surface area contributed by atoms with Crippen LogP contribution in [0.5, 0.6) is 0 Å². The first-order chi connectivity index (χ1) is 7.34. The Morgan fingerprint density at radius 2 is 2.07 bits per heavy atom. The molecule has 0 atom stereocenters. The molecule has 3 nitrogen and oxygen atoms in total. The third-order valence-electron chi connectivity index (χ3n) is 4.03. The average molecular weight is 205 g/mol. The predicted octanol–water partition coefficient (Wildman–Crippen LogP) is 2.06. The van der Waals surface area contributed by atoms with Crippen LogP contribution in [0.2, 0.25) is 0 Å². The molecule has 0 aromatic carbocycles. The lowest BCUT2D eigenvalue weighted by Crippen LogP contribution is -2.50. The molecule has 0 bridgehead atoms. The molecule has 2 aliphatic rings. The Labute approximate surface area is 90.9 Å². The van der Waals surface area contributed by atoms with Crippen molar-refractivity contribution in [2.45, 2.75) is 44.6 Å². The van der Waals surface area contributed by atoms with E-state index in [2.05, 4.69) is 22.0 Å². The quantitative estimate of drug-likeness (QED) is 0.801. The molecule has 0 radical (unpaired) electrons. The number of hydrogen-bond donors (Lipinski definition) is 1. The Balaban J connectivity index is 1.59. The zero-order valence-electron chi connectivity index (χ0n) is 9.37. The number of aromatic nitrogens is 2. The third kappa shape index (κ3) is 1.59. The van der Waals surface area contributed by atoms with Crippen LogP contribution < -0.4 is 0 Å². The van der Waals surface area contributed by atoms with Crippen molar-refractivity contribution in [2.75, 3.05) is 13.1 Å². The summed E-state index contributed by atoms with van der Waals surface area (Å²) in [7, 11) is 0. The molecule has 1 saturated heterocycles. The highest BCUT2D eigenvalue weighted by Crippen LogP contribution is 2.34. The summed E-state index contributed by atoms with van der Waals surface area (Å²) in [6.07, 6.45) is 7.67. The molecule has 0 spiro atoms. The zero-order valence-corrected chi connectivity index (χ0v) is 9.37. The minimum Gasteiger partial charge on any atom is -0.299 e. The first-order valence-corrected chi connectivity index (χ1v) is 6.08. The monoisotopic (exact) mass is 205 g/mol. The van der Waals surface area contributed by atoms with Crippen LogP contribution in [0.25, 0.3) is 0 Å². The number of nitrogens with zero attached hydrogens (tertiary/aromatic N) is 2. The normalized spacial score (nSPS) is 24.6. The Morgan fingerprint density at radius 3 is 2.67 bits per heavy atom. The van der Waals surface area contributed by atoms with Gasteiger partial charge >= 0.3 is 0 Å². The molecule has 1 aromatic rings. The summed E-state index contributed by atoms with van der Waals surface area (Å²) in [4.78, 5) is 2.65. The summed E-state index contributed by atoms with van der Waals surface area (Å²) >= 11 is 0. The van der Waals surface area contributed by atoms with Crippen molar-refractivity contribution in [2.24, 2.45) is 0 Å². The molecule has 1 aromatic heterocycles. The van der Waals surface area contributed by atoms with Gasteiger partial charge in [0.25, 0.3) is 0 Å². The lowest BCUT2D eigenvalue weighted by atomic mass is 9.92. The summed E-state index contributed by atoms with van der Waals surface area (Å²) in [6, 6.07) is 0.893. The number of hydrogen-bond acceptors (Lipinski definition) is 2. The molecule has 82 valence electrons. The van der Waals surface area contributed by atoms with E-state index in [1.807, 2.05) is 6.20 Å². The highest BCUT2D eigenvalue weighted by molar-refractivity contribution is 5.22. The van der Waals surface area contributed by atoms with Gasteiger partial charge in [0.2, 0.25) is 0 Å². The van der Waals surface area contributed by atoms with Gasteiger partial charge in [-0.2, -0.15) is 5.10 Å². The second-order valence-corrected chi connectivity index (χ2v) is 5.06. The van der Waals surface area contributed by atoms with E-state index in [9.17, 15) is 0 Å². The van der Waals surface area contributed by atoms with Crippen molar-refractivity contribution in [1.29, 1.82) is 0 Å². The summed E-state index contributed by atoms with van der Waals surface area (Å²) in [5.41, 5.74) is 2.69. The summed E-state index contributed by atoms with van der Waals surface area (Å²) in [5.74, 6) is 0.716. The van der Waals surface area contributed by atoms with Crippen molar-refractivity contribution in [3.8, 4) is 0 Å². The van der Waals surface area contributed by atoms with Gasteiger partial charge in [-0.05, 0) is 25.3 Å². The molecule has 15 heavy (non-hydrogen) atoms. The first-order valence-electron chi connectivity index (χ1n) is 6.08.